The van der Waals surface area contributed by atoms with Crippen LogP contribution in [0.4, 0.5) is 5.69 Å². The van der Waals surface area contributed by atoms with Crippen molar-refractivity contribution in [2.24, 2.45) is 5.73 Å². The molecule has 1 amide bonds. The van der Waals surface area contributed by atoms with Gasteiger partial charge < -0.3 is 16.2 Å². The predicted molar refractivity (Wildman–Crippen MR) is 100 cm³/mol. The first-order valence-corrected chi connectivity index (χ1v) is 9.58. The molecule has 0 saturated carbocycles. The first-order valence-electron chi connectivity index (χ1n) is 8.46. The van der Waals surface area contributed by atoms with E-state index < -0.39 is 12.0 Å². The molecule has 1 rings (SSSR count). The van der Waals surface area contributed by atoms with Crippen LogP contribution in [0.3, 0.4) is 0 Å². The Bertz CT molecular complexity index is 505. The van der Waals surface area contributed by atoms with Crippen molar-refractivity contribution in [2.45, 2.75) is 57.4 Å². The van der Waals surface area contributed by atoms with Gasteiger partial charge in [-0.3, -0.25) is 9.59 Å². The number of rotatable bonds is 12. The number of aliphatic carboxylic acids is 1. The molecule has 0 unspecified atom stereocenters. The fraction of sp³-hybridized carbons (Fsp3) is 0.556. The summed E-state index contributed by atoms with van der Waals surface area (Å²) in [7, 11) is 0. The summed E-state index contributed by atoms with van der Waals surface area (Å²) in [6, 6.07) is 6.24. The Balaban J connectivity index is 2.23. The van der Waals surface area contributed by atoms with Gasteiger partial charge in [-0.15, -0.1) is 0 Å². The lowest BCUT2D eigenvalue weighted by Crippen LogP contribution is -2.32. The first kappa shape index (κ1) is 20.6. The number of halogens is 1. The monoisotopic (exact) mass is 398 g/mol. The minimum atomic E-state index is -1.01. The standard InChI is InChI=1S/C18H27BrN2O3/c19-12-6-4-2-1-3-5-7-17(22)21-15-10-8-14(9-11-15)13-16(20)18(23)24/h8-11,16H,1-7,12-13,20H2,(H,21,22)(H,23,24)/t16-/m0/s1. The summed E-state index contributed by atoms with van der Waals surface area (Å²) in [6.07, 6.45) is 7.67. The number of carbonyl (C=O) groups excluding carboxylic acids is 1. The van der Waals surface area contributed by atoms with E-state index in [9.17, 15) is 9.59 Å². The molecular weight excluding hydrogens is 372 g/mol. The third-order valence-corrected chi connectivity index (χ3v) is 4.36. The number of unbranched alkanes of at least 4 members (excludes halogenated alkanes) is 5. The van der Waals surface area contributed by atoms with Crippen molar-refractivity contribution >= 4 is 33.5 Å². The van der Waals surface area contributed by atoms with Crippen molar-refractivity contribution in [2.75, 3.05) is 10.6 Å². The molecule has 0 heterocycles. The second-order valence-electron chi connectivity index (χ2n) is 5.95. The van der Waals surface area contributed by atoms with Gasteiger partial charge in [-0.25, -0.2) is 0 Å². The van der Waals surface area contributed by atoms with Crippen molar-refractivity contribution in [3.8, 4) is 0 Å². The number of alkyl halides is 1. The number of nitrogens with two attached hydrogens (primary N) is 1. The quantitative estimate of drug-likeness (QED) is 0.369. The maximum absolute atomic E-state index is 11.9. The van der Waals surface area contributed by atoms with Crippen LogP contribution in [0, 0.1) is 0 Å². The van der Waals surface area contributed by atoms with E-state index in [1.54, 1.807) is 24.3 Å². The Morgan fingerprint density at radius 1 is 1.04 bits per heavy atom. The third-order valence-electron chi connectivity index (χ3n) is 3.80. The van der Waals surface area contributed by atoms with Crippen LogP contribution in [0.5, 0.6) is 0 Å². The number of carbonyl (C=O) groups is 2. The highest BCUT2D eigenvalue weighted by atomic mass is 79.9. The first-order chi connectivity index (χ1) is 11.5. The van der Waals surface area contributed by atoms with Crippen LogP contribution in [0.2, 0.25) is 0 Å². The van der Waals surface area contributed by atoms with Crippen molar-refractivity contribution < 1.29 is 14.7 Å². The Kier molecular flexibility index (Phi) is 10.4. The molecule has 0 radical (unpaired) electrons. The molecule has 6 heteroatoms. The number of carboxylic acids is 1. The highest BCUT2D eigenvalue weighted by molar-refractivity contribution is 9.09. The summed E-state index contributed by atoms with van der Waals surface area (Å²) >= 11 is 3.42. The van der Waals surface area contributed by atoms with Gasteiger partial charge in [0.15, 0.2) is 0 Å². The molecule has 1 aromatic rings. The molecule has 134 valence electrons. The van der Waals surface area contributed by atoms with E-state index in [0.717, 1.165) is 29.4 Å². The second-order valence-corrected chi connectivity index (χ2v) is 6.75. The van der Waals surface area contributed by atoms with Crippen molar-refractivity contribution in [3.05, 3.63) is 29.8 Å². The lowest BCUT2D eigenvalue weighted by Gasteiger charge is -2.08. The molecule has 0 bridgehead atoms. The molecule has 1 atom stereocenters. The van der Waals surface area contributed by atoms with Crippen LogP contribution in [-0.4, -0.2) is 28.4 Å². The normalized spacial score (nSPS) is 11.9. The minimum Gasteiger partial charge on any atom is -0.480 e. The van der Waals surface area contributed by atoms with Crippen molar-refractivity contribution in [1.82, 2.24) is 0 Å². The van der Waals surface area contributed by atoms with Gasteiger partial charge in [0.2, 0.25) is 5.91 Å². The molecule has 0 aliphatic carbocycles. The van der Waals surface area contributed by atoms with Crippen molar-refractivity contribution in [1.29, 1.82) is 0 Å². The highest BCUT2D eigenvalue weighted by Crippen LogP contribution is 2.13. The van der Waals surface area contributed by atoms with Gasteiger partial charge in [0.1, 0.15) is 6.04 Å². The van der Waals surface area contributed by atoms with Crippen LogP contribution < -0.4 is 11.1 Å². The fourth-order valence-electron chi connectivity index (χ4n) is 2.38. The largest absolute Gasteiger partial charge is 0.480 e. The number of anilines is 1. The smallest absolute Gasteiger partial charge is 0.320 e. The van der Waals surface area contributed by atoms with E-state index in [1.165, 1.54) is 25.7 Å². The molecule has 1 aromatic carbocycles. The van der Waals surface area contributed by atoms with Crippen LogP contribution in [0.25, 0.3) is 0 Å². The van der Waals surface area contributed by atoms with E-state index in [2.05, 4.69) is 21.2 Å². The van der Waals surface area contributed by atoms with Gasteiger partial charge in [0.05, 0.1) is 0 Å². The zero-order chi connectivity index (χ0) is 17.8. The molecule has 0 saturated heterocycles. The van der Waals surface area contributed by atoms with E-state index in [0.29, 0.717) is 6.42 Å². The zero-order valence-electron chi connectivity index (χ0n) is 14.0. The van der Waals surface area contributed by atoms with Gasteiger partial charge >= 0.3 is 5.97 Å². The fourth-order valence-corrected chi connectivity index (χ4v) is 2.77. The number of hydrogen-bond acceptors (Lipinski definition) is 3. The Hall–Kier alpha value is -1.40. The van der Waals surface area contributed by atoms with E-state index in [1.807, 2.05) is 0 Å². The maximum atomic E-state index is 11.9. The summed E-state index contributed by atoms with van der Waals surface area (Å²) in [5.41, 5.74) is 7.07. The summed E-state index contributed by atoms with van der Waals surface area (Å²) in [6.45, 7) is 0. The average molecular weight is 399 g/mol. The van der Waals surface area contributed by atoms with Crippen LogP contribution >= 0.6 is 15.9 Å². The van der Waals surface area contributed by atoms with Gasteiger partial charge in [-0.05, 0) is 37.0 Å². The summed E-state index contributed by atoms with van der Waals surface area (Å²) in [5.74, 6) is -0.995. The summed E-state index contributed by atoms with van der Waals surface area (Å²) in [5, 5.41) is 12.7. The van der Waals surface area contributed by atoms with E-state index >= 15 is 0 Å². The Morgan fingerprint density at radius 2 is 1.62 bits per heavy atom. The van der Waals surface area contributed by atoms with E-state index in [4.69, 9.17) is 10.8 Å². The summed E-state index contributed by atoms with van der Waals surface area (Å²) < 4.78 is 0. The number of carboxylic acid groups (broad SMARTS) is 1. The third kappa shape index (κ3) is 9.03. The van der Waals surface area contributed by atoms with Gasteiger partial charge in [0, 0.05) is 17.4 Å². The number of hydrogen-bond donors (Lipinski definition) is 3. The SMILES string of the molecule is N[C@@H](Cc1ccc(NC(=O)CCCCCCCCBr)cc1)C(=O)O. The van der Waals surface area contributed by atoms with Gasteiger partial charge in [0.25, 0.3) is 0 Å². The molecule has 0 aliphatic heterocycles. The number of benzene rings is 1. The maximum Gasteiger partial charge on any atom is 0.320 e. The molecule has 0 fully saturated rings. The molecule has 0 aromatic heterocycles. The number of amides is 1. The molecule has 0 spiro atoms. The average Bonchev–Trinajstić information content (AvgIpc) is 2.55. The molecule has 24 heavy (non-hydrogen) atoms. The Morgan fingerprint density at radius 3 is 2.21 bits per heavy atom. The van der Waals surface area contributed by atoms with Crippen LogP contribution in [0.15, 0.2) is 24.3 Å². The second kappa shape index (κ2) is 12.0. The lowest BCUT2D eigenvalue weighted by atomic mass is 10.1. The van der Waals surface area contributed by atoms with E-state index in [-0.39, 0.29) is 12.3 Å². The minimum absolute atomic E-state index is 0.0189. The zero-order valence-corrected chi connectivity index (χ0v) is 15.6. The van der Waals surface area contributed by atoms with Crippen LogP contribution in [0.1, 0.15) is 50.5 Å². The molecule has 4 N–H and O–H groups in total. The van der Waals surface area contributed by atoms with Crippen LogP contribution in [-0.2, 0) is 16.0 Å². The highest BCUT2D eigenvalue weighted by Gasteiger charge is 2.12. The lowest BCUT2D eigenvalue weighted by molar-refractivity contribution is -0.138. The van der Waals surface area contributed by atoms with Gasteiger partial charge in [-0.1, -0.05) is 53.7 Å². The molecular formula is C18H27BrN2O3. The predicted octanol–water partition coefficient (Wildman–Crippen LogP) is 3.71. The topological polar surface area (TPSA) is 92.4 Å². The molecule has 0 aliphatic rings. The molecule has 5 nitrogen and oxygen atoms in total. The Labute approximate surface area is 152 Å². The van der Waals surface area contributed by atoms with Gasteiger partial charge in [-0.2, -0.15) is 0 Å². The summed E-state index contributed by atoms with van der Waals surface area (Å²) in [4.78, 5) is 22.6. The van der Waals surface area contributed by atoms with Crippen molar-refractivity contribution in [3.63, 3.8) is 0 Å². The number of nitrogens with one attached hydrogen (secondary N) is 1.